The van der Waals surface area contributed by atoms with Crippen molar-refractivity contribution in [1.29, 1.82) is 0 Å². The molecular formula is C17H24N2O5S. The standard InChI is InChI=1S/C17H24N2O5S/c1-3-17(16(21)22,13-8-5-4-6-9-13)12-18-15(20)14-10-7-11-19(14)25(2,23)24/h4-6,8-9,14H,3,7,10-12H2,1-2H3,(H,18,20)(H,21,22). The second-order valence-electron chi connectivity index (χ2n) is 6.36. The van der Waals surface area contributed by atoms with Gasteiger partial charge in [-0.1, -0.05) is 37.3 Å². The summed E-state index contributed by atoms with van der Waals surface area (Å²) in [7, 11) is -3.47. The fourth-order valence-electron chi connectivity index (χ4n) is 3.29. The average Bonchev–Trinajstić information content (AvgIpc) is 3.06. The molecule has 0 radical (unpaired) electrons. The fourth-order valence-corrected chi connectivity index (χ4v) is 4.42. The number of aliphatic carboxylic acids is 1. The van der Waals surface area contributed by atoms with Gasteiger partial charge >= 0.3 is 5.97 Å². The van der Waals surface area contributed by atoms with Crippen LogP contribution in [0.3, 0.4) is 0 Å². The van der Waals surface area contributed by atoms with Gasteiger partial charge in [0.15, 0.2) is 0 Å². The molecular weight excluding hydrogens is 344 g/mol. The van der Waals surface area contributed by atoms with Gasteiger partial charge in [0, 0.05) is 13.1 Å². The molecule has 0 aliphatic carbocycles. The maximum absolute atomic E-state index is 12.5. The maximum Gasteiger partial charge on any atom is 0.315 e. The molecule has 8 heteroatoms. The summed E-state index contributed by atoms with van der Waals surface area (Å²) in [5.41, 5.74) is -0.637. The minimum atomic E-state index is -3.47. The Morgan fingerprint density at radius 1 is 1.32 bits per heavy atom. The van der Waals surface area contributed by atoms with Crippen molar-refractivity contribution in [2.24, 2.45) is 0 Å². The zero-order valence-electron chi connectivity index (χ0n) is 14.4. The molecule has 2 atom stereocenters. The summed E-state index contributed by atoms with van der Waals surface area (Å²) in [4.78, 5) is 24.5. The first-order chi connectivity index (χ1) is 11.7. The average molecular weight is 368 g/mol. The summed E-state index contributed by atoms with van der Waals surface area (Å²) in [6.07, 6.45) is 2.43. The topological polar surface area (TPSA) is 104 Å². The zero-order valence-corrected chi connectivity index (χ0v) is 15.3. The Morgan fingerprint density at radius 3 is 2.48 bits per heavy atom. The van der Waals surface area contributed by atoms with E-state index in [2.05, 4.69) is 5.32 Å². The second-order valence-corrected chi connectivity index (χ2v) is 8.29. The number of hydrogen-bond donors (Lipinski definition) is 2. The van der Waals surface area contributed by atoms with Crippen LogP contribution in [0, 0.1) is 0 Å². The molecule has 1 aliphatic rings. The van der Waals surface area contributed by atoms with Crippen molar-refractivity contribution in [3.8, 4) is 0 Å². The molecule has 2 rings (SSSR count). The number of carbonyl (C=O) groups is 2. The van der Waals surface area contributed by atoms with Crippen molar-refractivity contribution in [3.63, 3.8) is 0 Å². The summed E-state index contributed by atoms with van der Waals surface area (Å²) in [5.74, 6) is -1.47. The van der Waals surface area contributed by atoms with E-state index in [0.717, 1.165) is 6.26 Å². The number of hydrogen-bond acceptors (Lipinski definition) is 4. The second kappa shape index (κ2) is 7.53. The first kappa shape index (κ1) is 19.4. The van der Waals surface area contributed by atoms with Crippen LogP contribution < -0.4 is 5.32 Å². The molecule has 2 N–H and O–H groups in total. The van der Waals surface area contributed by atoms with Crippen LogP contribution in [0.15, 0.2) is 30.3 Å². The van der Waals surface area contributed by atoms with Crippen LogP contribution in [0.1, 0.15) is 31.7 Å². The summed E-state index contributed by atoms with van der Waals surface area (Å²) in [6.45, 7) is 1.98. The number of carboxylic acid groups (broad SMARTS) is 1. The molecule has 1 amide bonds. The van der Waals surface area contributed by atoms with Crippen molar-refractivity contribution in [1.82, 2.24) is 9.62 Å². The van der Waals surface area contributed by atoms with Crippen molar-refractivity contribution < 1.29 is 23.1 Å². The largest absolute Gasteiger partial charge is 0.481 e. The SMILES string of the molecule is CCC(CNC(=O)C1CCCN1S(C)(=O)=O)(C(=O)O)c1ccccc1. The van der Waals surface area contributed by atoms with Crippen LogP contribution in [0.2, 0.25) is 0 Å². The van der Waals surface area contributed by atoms with Gasteiger partial charge in [-0.15, -0.1) is 0 Å². The molecule has 7 nitrogen and oxygen atoms in total. The van der Waals surface area contributed by atoms with E-state index in [0.29, 0.717) is 31.4 Å². The molecule has 1 saturated heterocycles. The third kappa shape index (κ3) is 4.01. The number of benzene rings is 1. The number of carboxylic acids is 1. The van der Waals surface area contributed by atoms with Gasteiger partial charge in [0.25, 0.3) is 0 Å². The van der Waals surface area contributed by atoms with Crippen LogP contribution in [-0.2, 0) is 25.0 Å². The molecule has 0 saturated carbocycles. The van der Waals surface area contributed by atoms with Crippen LogP contribution in [0.5, 0.6) is 0 Å². The highest BCUT2D eigenvalue weighted by molar-refractivity contribution is 7.88. The van der Waals surface area contributed by atoms with E-state index in [-0.39, 0.29) is 6.54 Å². The number of nitrogens with one attached hydrogen (secondary N) is 1. The van der Waals surface area contributed by atoms with E-state index in [1.165, 1.54) is 4.31 Å². The molecule has 1 aromatic rings. The van der Waals surface area contributed by atoms with Gasteiger partial charge < -0.3 is 10.4 Å². The Bertz CT molecular complexity index is 735. The van der Waals surface area contributed by atoms with Gasteiger partial charge in [-0.3, -0.25) is 9.59 Å². The number of carbonyl (C=O) groups excluding carboxylic acids is 1. The monoisotopic (exact) mass is 368 g/mol. The first-order valence-electron chi connectivity index (χ1n) is 8.26. The molecule has 1 heterocycles. The van der Waals surface area contributed by atoms with E-state index in [1.54, 1.807) is 37.3 Å². The first-order valence-corrected chi connectivity index (χ1v) is 10.1. The van der Waals surface area contributed by atoms with Gasteiger partial charge in [0.1, 0.15) is 11.5 Å². The number of sulfonamides is 1. The Balaban J connectivity index is 2.19. The van der Waals surface area contributed by atoms with E-state index in [4.69, 9.17) is 0 Å². The molecule has 0 aromatic heterocycles. The number of rotatable bonds is 7. The Kier molecular flexibility index (Phi) is 5.84. The van der Waals surface area contributed by atoms with Crippen LogP contribution in [0.25, 0.3) is 0 Å². The molecule has 1 fully saturated rings. The third-order valence-electron chi connectivity index (χ3n) is 4.84. The van der Waals surface area contributed by atoms with Crippen LogP contribution in [-0.4, -0.2) is 55.1 Å². The van der Waals surface area contributed by atoms with Crippen molar-refractivity contribution in [2.45, 2.75) is 37.6 Å². The summed E-state index contributed by atoms with van der Waals surface area (Å²) >= 11 is 0. The van der Waals surface area contributed by atoms with E-state index >= 15 is 0 Å². The maximum atomic E-state index is 12.5. The smallest absolute Gasteiger partial charge is 0.315 e. The highest BCUT2D eigenvalue weighted by Crippen LogP contribution is 2.28. The molecule has 138 valence electrons. The molecule has 0 bridgehead atoms. The number of nitrogens with zero attached hydrogens (tertiary/aromatic N) is 1. The van der Waals surface area contributed by atoms with Crippen molar-refractivity contribution >= 4 is 21.9 Å². The van der Waals surface area contributed by atoms with Gasteiger partial charge in [0.2, 0.25) is 15.9 Å². The quantitative estimate of drug-likeness (QED) is 0.746. The van der Waals surface area contributed by atoms with E-state index < -0.39 is 33.4 Å². The minimum Gasteiger partial charge on any atom is -0.481 e. The summed E-state index contributed by atoms with van der Waals surface area (Å²) < 4.78 is 24.8. The fraction of sp³-hybridized carbons (Fsp3) is 0.529. The predicted octanol–water partition coefficient (Wildman–Crippen LogP) is 0.959. The minimum absolute atomic E-state index is 0.0875. The Hall–Kier alpha value is -1.93. The van der Waals surface area contributed by atoms with Crippen LogP contribution >= 0.6 is 0 Å². The zero-order chi connectivity index (χ0) is 18.7. The van der Waals surface area contributed by atoms with Crippen molar-refractivity contribution in [3.05, 3.63) is 35.9 Å². The summed E-state index contributed by atoms with van der Waals surface area (Å²) in [5, 5.41) is 12.5. The van der Waals surface area contributed by atoms with Crippen LogP contribution in [0.4, 0.5) is 0 Å². The van der Waals surface area contributed by atoms with E-state index in [9.17, 15) is 23.1 Å². The molecule has 1 aliphatic heterocycles. The highest BCUT2D eigenvalue weighted by Gasteiger charge is 2.41. The highest BCUT2D eigenvalue weighted by atomic mass is 32.2. The summed E-state index contributed by atoms with van der Waals surface area (Å²) in [6, 6.07) is 7.99. The third-order valence-corrected chi connectivity index (χ3v) is 6.13. The molecule has 0 spiro atoms. The molecule has 25 heavy (non-hydrogen) atoms. The number of amides is 1. The van der Waals surface area contributed by atoms with E-state index in [1.807, 2.05) is 0 Å². The van der Waals surface area contributed by atoms with Crippen molar-refractivity contribution in [2.75, 3.05) is 19.3 Å². The lowest BCUT2D eigenvalue weighted by Crippen LogP contribution is -2.51. The normalized spacial score (nSPS) is 20.8. The predicted molar refractivity (Wildman–Crippen MR) is 93.6 cm³/mol. The lowest BCUT2D eigenvalue weighted by Gasteiger charge is -2.30. The Labute approximate surface area is 148 Å². The van der Waals surface area contributed by atoms with Gasteiger partial charge in [-0.25, -0.2) is 8.42 Å². The van der Waals surface area contributed by atoms with Gasteiger partial charge in [0.05, 0.1) is 6.26 Å². The lowest BCUT2D eigenvalue weighted by atomic mass is 9.78. The lowest BCUT2D eigenvalue weighted by molar-refractivity contribution is -0.144. The van der Waals surface area contributed by atoms with Gasteiger partial charge in [-0.2, -0.15) is 4.31 Å². The molecule has 2 unspecified atom stereocenters. The van der Waals surface area contributed by atoms with Gasteiger partial charge in [-0.05, 0) is 24.8 Å². The molecule has 1 aromatic carbocycles. The Morgan fingerprint density at radius 2 is 1.96 bits per heavy atom.